The minimum atomic E-state index is -3.67. The molecule has 0 aliphatic heterocycles. The van der Waals surface area contributed by atoms with Gasteiger partial charge in [0.15, 0.2) is 17.2 Å². The fourth-order valence-corrected chi connectivity index (χ4v) is 2.22. The smallest absolute Gasteiger partial charge is 0.269 e. The molecule has 1 amide bonds. The van der Waals surface area contributed by atoms with Gasteiger partial charge in [0.1, 0.15) is 0 Å². The maximum Gasteiger partial charge on any atom is 0.269 e. The molecule has 0 aliphatic rings. The number of carbonyl (C=O) groups is 1. The zero-order valence-electron chi connectivity index (χ0n) is 18.4. The number of primary amides is 1. The van der Waals surface area contributed by atoms with E-state index in [1.807, 2.05) is 18.2 Å². The molecule has 1 aromatic heterocycles. The van der Waals surface area contributed by atoms with Crippen LogP contribution in [0.15, 0.2) is 30.3 Å². The van der Waals surface area contributed by atoms with Crippen LogP contribution in [0.1, 0.15) is 43.2 Å². The van der Waals surface area contributed by atoms with Crippen LogP contribution in [0.2, 0.25) is 0 Å². The molecule has 31 heavy (non-hydrogen) atoms. The SMILES string of the molecule is COc1cc(CNCCC(C)(C)C)ccc1Oc1ccc(C(N)=O)nn1.CS(=O)(=O)O. The third-order valence-electron chi connectivity index (χ3n) is 3.72. The summed E-state index contributed by atoms with van der Waals surface area (Å²) in [6.07, 6.45) is 1.82. The highest BCUT2D eigenvalue weighted by molar-refractivity contribution is 7.85. The Morgan fingerprint density at radius 1 is 1.16 bits per heavy atom. The van der Waals surface area contributed by atoms with Gasteiger partial charge < -0.3 is 20.5 Å². The second kappa shape index (κ2) is 11.6. The minimum absolute atomic E-state index is 0.0843. The van der Waals surface area contributed by atoms with Crippen molar-refractivity contribution in [1.29, 1.82) is 0 Å². The molecule has 10 nitrogen and oxygen atoms in total. The lowest BCUT2D eigenvalue weighted by atomic mass is 9.92. The molecule has 1 heterocycles. The van der Waals surface area contributed by atoms with E-state index in [1.165, 1.54) is 12.1 Å². The summed E-state index contributed by atoms with van der Waals surface area (Å²) in [5, 5.41) is 11.0. The van der Waals surface area contributed by atoms with Crippen molar-refractivity contribution in [3.8, 4) is 17.4 Å². The number of methoxy groups -OCH3 is 1. The molecular formula is C20H30N4O6S. The van der Waals surface area contributed by atoms with E-state index in [-0.39, 0.29) is 11.6 Å². The average Bonchev–Trinajstić information content (AvgIpc) is 2.64. The summed E-state index contributed by atoms with van der Waals surface area (Å²) in [4.78, 5) is 11.0. The molecular weight excluding hydrogens is 424 g/mol. The molecule has 0 bridgehead atoms. The van der Waals surface area contributed by atoms with Crippen LogP contribution < -0.4 is 20.5 Å². The van der Waals surface area contributed by atoms with Crippen molar-refractivity contribution in [1.82, 2.24) is 15.5 Å². The summed E-state index contributed by atoms with van der Waals surface area (Å²) < 4.78 is 37.0. The van der Waals surface area contributed by atoms with Gasteiger partial charge in [0, 0.05) is 12.6 Å². The van der Waals surface area contributed by atoms with Crippen LogP contribution in [0, 0.1) is 5.41 Å². The molecule has 4 N–H and O–H groups in total. The molecule has 172 valence electrons. The van der Waals surface area contributed by atoms with E-state index in [2.05, 4.69) is 36.3 Å². The van der Waals surface area contributed by atoms with Gasteiger partial charge in [0.25, 0.3) is 16.0 Å². The maximum atomic E-state index is 11.0. The predicted octanol–water partition coefficient (Wildman–Crippen LogP) is 2.41. The Kier molecular flexibility index (Phi) is 9.82. The van der Waals surface area contributed by atoms with Crippen molar-refractivity contribution in [3.63, 3.8) is 0 Å². The van der Waals surface area contributed by atoms with E-state index in [1.54, 1.807) is 7.11 Å². The van der Waals surface area contributed by atoms with Gasteiger partial charge in [0.05, 0.1) is 13.4 Å². The number of nitrogens with two attached hydrogens (primary N) is 1. The Labute approximate surface area is 182 Å². The van der Waals surface area contributed by atoms with E-state index in [0.29, 0.717) is 23.2 Å². The third-order valence-corrected chi connectivity index (χ3v) is 3.72. The maximum absolute atomic E-state index is 11.0. The fourth-order valence-electron chi connectivity index (χ4n) is 2.22. The molecule has 0 saturated heterocycles. The third kappa shape index (κ3) is 11.9. The van der Waals surface area contributed by atoms with Gasteiger partial charge in [-0.05, 0) is 42.1 Å². The summed E-state index contributed by atoms with van der Waals surface area (Å²) in [5.41, 5.74) is 6.64. The van der Waals surface area contributed by atoms with Crippen LogP contribution in [0.3, 0.4) is 0 Å². The minimum Gasteiger partial charge on any atom is -0.493 e. The zero-order valence-corrected chi connectivity index (χ0v) is 19.2. The summed E-state index contributed by atoms with van der Waals surface area (Å²) in [5.74, 6) is 0.738. The number of amides is 1. The summed E-state index contributed by atoms with van der Waals surface area (Å²) in [6, 6.07) is 8.71. The topological polar surface area (TPSA) is 154 Å². The fraction of sp³-hybridized carbons (Fsp3) is 0.450. The Morgan fingerprint density at radius 2 is 1.81 bits per heavy atom. The molecule has 0 spiro atoms. The lowest BCUT2D eigenvalue weighted by Gasteiger charge is -2.18. The van der Waals surface area contributed by atoms with Crippen molar-refractivity contribution in [2.75, 3.05) is 19.9 Å². The molecule has 0 fully saturated rings. The Bertz CT molecular complexity index is 949. The Morgan fingerprint density at radius 3 is 2.29 bits per heavy atom. The molecule has 0 radical (unpaired) electrons. The van der Waals surface area contributed by atoms with Crippen LogP contribution in [-0.2, 0) is 16.7 Å². The average molecular weight is 455 g/mol. The highest BCUT2D eigenvalue weighted by Crippen LogP contribution is 2.31. The van der Waals surface area contributed by atoms with Crippen molar-refractivity contribution < 1.29 is 27.2 Å². The molecule has 2 rings (SSSR count). The highest BCUT2D eigenvalue weighted by Gasteiger charge is 2.11. The van der Waals surface area contributed by atoms with Crippen molar-refractivity contribution >= 4 is 16.0 Å². The molecule has 0 atom stereocenters. The largest absolute Gasteiger partial charge is 0.493 e. The summed E-state index contributed by atoms with van der Waals surface area (Å²) in [6.45, 7) is 8.37. The van der Waals surface area contributed by atoms with Crippen LogP contribution in [0.25, 0.3) is 0 Å². The van der Waals surface area contributed by atoms with E-state index < -0.39 is 16.0 Å². The standard InChI is InChI=1S/C19H26N4O3.CH4O3S/c1-19(2,3)9-10-21-12-13-5-7-15(16(11-13)25-4)26-17-8-6-14(18(20)24)22-23-17;1-5(2,3)4/h5-8,11,21H,9-10,12H2,1-4H3,(H2,20,24);1H3,(H,2,3,4). The lowest BCUT2D eigenvalue weighted by Crippen LogP contribution is -2.20. The van der Waals surface area contributed by atoms with Gasteiger partial charge >= 0.3 is 0 Å². The first-order valence-corrected chi connectivity index (χ1v) is 11.2. The molecule has 11 heteroatoms. The van der Waals surface area contributed by atoms with Gasteiger partial charge in [-0.25, -0.2) is 0 Å². The first kappa shape index (κ1) is 26.3. The number of aromatic nitrogens is 2. The van der Waals surface area contributed by atoms with E-state index >= 15 is 0 Å². The second-order valence-corrected chi connectivity index (χ2v) is 9.39. The van der Waals surface area contributed by atoms with Gasteiger partial charge in [-0.2, -0.15) is 8.42 Å². The number of hydrogen-bond donors (Lipinski definition) is 3. The van der Waals surface area contributed by atoms with Crippen LogP contribution in [0.4, 0.5) is 0 Å². The number of hydrogen-bond acceptors (Lipinski definition) is 8. The van der Waals surface area contributed by atoms with Gasteiger partial charge in [-0.15, -0.1) is 10.2 Å². The monoisotopic (exact) mass is 454 g/mol. The number of benzene rings is 1. The molecule has 2 aromatic rings. The van der Waals surface area contributed by atoms with E-state index in [9.17, 15) is 13.2 Å². The Hall–Kier alpha value is -2.76. The molecule has 1 aromatic carbocycles. The number of carbonyl (C=O) groups excluding carboxylic acids is 1. The quantitative estimate of drug-likeness (QED) is 0.403. The van der Waals surface area contributed by atoms with Crippen molar-refractivity contribution in [3.05, 3.63) is 41.6 Å². The van der Waals surface area contributed by atoms with Crippen LogP contribution >= 0.6 is 0 Å². The first-order chi connectivity index (χ1) is 14.3. The van der Waals surface area contributed by atoms with Gasteiger partial charge in [-0.3, -0.25) is 9.35 Å². The van der Waals surface area contributed by atoms with Crippen molar-refractivity contribution in [2.45, 2.75) is 33.7 Å². The number of nitrogens with zero attached hydrogens (tertiary/aromatic N) is 2. The molecule has 0 saturated carbocycles. The van der Waals surface area contributed by atoms with Crippen LogP contribution in [-0.4, -0.2) is 49.0 Å². The summed E-state index contributed by atoms with van der Waals surface area (Å²) >= 11 is 0. The first-order valence-electron chi connectivity index (χ1n) is 9.40. The Balaban J connectivity index is 0.000000861. The zero-order chi connectivity index (χ0) is 23.7. The van der Waals surface area contributed by atoms with E-state index in [0.717, 1.165) is 25.1 Å². The normalized spacial score (nSPS) is 11.3. The van der Waals surface area contributed by atoms with Crippen molar-refractivity contribution in [2.24, 2.45) is 11.1 Å². The van der Waals surface area contributed by atoms with Crippen LogP contribution in [0.5, 0.6) is 17.4 Å². The van der Waals surface area contributed by atoms with Gasteiger partial charge in [-0.1, -0.05) is 26.8 Å². The summed E-state index contributed by atoms with van der Waals surface area (Å²) in [7, 11) is -2.08. The molecule has 0 unspecified atom stereocenters. The lowest BCUT2D eigenvalue weighted by molar-refractivity contribution is 0.0994. The molecule has 0 aliphatic carbocycles. The van der Waals surface area contributed by atoms with Gasteiger partial charge in [0.2, 0.25) is 5.88 Å². The second-order valence-electron chi connectivity index (χ2n) is 7.93. The number of ether oxygens (including phenoxy) is 2. The van der Waals surface area contributed by atoms with E-state index in [4.69, 9.17) is 19.8 Å². The number of nitrogens with one attached hydrogen (secondary N) is 1. The number of rotatable bonds is 8. The predicted molar refractivity (Wildman–Crippen MR) is 117 cm³/mol. The highest BCUT2D eigenvalue weighted by atomic mass is 32.2.